The monoisotopic (exact) mass is 634 g/mol. The predicted octanol–water partition coefficient (Wildman–Crippen LogP) is 5.26. The molecule has 1 N–H and O–H groups in total. The molecule has 2 amide bonds. The maximum atomic E-state index is 15.3. The molecule has 4 heterocycles. The van der Waals surface area contributed by atoms with Crippen molar-refractivity contribution >= 4 is 22.6 Å². The highest BCUT2D eigenvalue weighted by Crippen LogP contribution is 2.34. The summed E-state index contributed by atoms with van der Waals surface area (Å²) in [5, 5.41) is 3.93. The molecule has 0 spiro atoms. The summed E-state index contributed by atoms with van der Waals surface area (Å²) in [5.41, 5.74) is 0.858. The summed E-state index contributed by atoms with van der Waals surface area (Å²) in [6.07, 6.45) is 7.86. The number of hydrogen-bond donors (Lipinski definition) is 1. The molecule has 4 aliphatic rings. The van der Waals surface area contributed by atoms with Crippen LogP contribution in [0.25, 0.3) is 10.8 Å². The van der Waals surface area contributed by atoms with Crippen LogP contribution in [0.1, 0.15) is 73.3 Å². The molecule has 4 fully saturated rings. The molecule has 1 atom stereocenters. The number of carbonyl (C=O) groups is 2. The third kappa shape index (κ3) is 6.27. The molecule has 244 valence electrons. The number of piperidine rings is 1. The Morgan fingerprint density at radius 1 is 0.957 bits per heavy atom. The fraction of sp³-hybridized carbons (Fsp3) is 0.514. The van der Waals surface area contributed by atoms with Crippen molar-refractivity contribution in [3.8, 4) is 11.5 Å². The normalized spacial score (nSPS) is 22.6. The van der Waals surface area contributed by atoms with Crippen LogP contribution >= 0.6 is 0 Å². The van der Waals surface area contributed by atoms with Gasteiger partial charge in [0, 0.05) is 74.1 Å². The minimum atomic E-state index is -3.08. The lowest BCUT2D eigenvalue weighted by atomic mass is 9.92. The fourth-order valence-electron chi connectivity index (χ4n) is 7.13. The number of nitrogens with one attached hydrogen (secondary N) is 1. The van der Waals surface area contributed by atoms with E-state index in [1.54, 1.807) is 45.9 Å². The Morgan fingerprint density at radius 2 is 1.78 bits per heavy atom. The van der Waals surface area contributed by atoms with Gasteiger partial charge in [0.1, 0.15) is 11.5 Å². The molecule has 2 aromatic carbocycles. The standard InChI is InChI=1S/C35H40F2N4O5/c36-35(37)22-40(26-12-17-45-18-13-26)15-11-31(35)38-33(43)24-6-7-25(21-39-14-2-5-32(39)42)30(20-24)46-28-8-9-29-23(19-28)10-16-41(34(29)44)27-3-1-4-27/h6-10,16,19-20,26-27,31H,1-5,11-15,17-18,21-22H2,(H,38,43)/t31-/m1/s1. The lowest BCUT2D eigenvalue weighted by Crippen LogP contribution is -2.60. The summed E-state index contributed by atoms with van der Waals surface area (Å²) >= 11 is 0. The predicted molar refractivity (Wildman–Crippen MR) is 168 cm³/mol. The first-order chi connectivity index (χ1) is 22.2. The van der Waals surface area contributed by atoms with E-state index in [1.807, 2.05) is 17.2 Å². The number of ether oxygens (including phenoxy) is 2. The quantitative estimate of drug-likeness (QED) is 0.364. The zero-order chi connectivity index (χ0) is 31.8. The van der Waals surface area contributed by atoms with Gasteiger partial charge in [-0.15, -0.1) is 0 Å². The number of carbonyl (C=O) groups excluding carboxylic acids is 2. The number of hydrogen-bond acceptors (Lipinski definition) is 6. The molecule has 3 saturated heterocycles. The molecule has 7 rings (SSSR count). The van der Waals surface area contributed by atoms with Crippen molar-refractivity contribution in [1.29, 1.82) is 0 Å². The SMILES string of the molecule is O=C(N[C@@H]1CCN(C2CCOCC2)CC1(F)F)c1ccc(CN2CCCC2=O)c(Oc2ccc3c(=O)n(C4CCC4)ccc3c2)c1. The highest BCUT2D eigenvalue weighted by Gasteiger charge is 2.47. The third-order valence-corrected chi connectivity index (χ3v) is 10.1. The van der Waals surface area contributed by atoms with Gasteiger partial charge in [-0.25, -0.2) is 8.78 Å². The number of likely N-dealkylation sites (tertiary alicyclic amines) is 2. The topological polar surface area (TPSA) is 93.1 Å². The summed E-state index contributed by atoms with van der Waals surface area (Å²) in [6, 6.07) is 11.1. The van der Waals surface area contributed by atoms with Crippen molar-refractivity contribution in [2.24, 2.45) is 0 Å². The van der Waals surface area contributed by atoms with Gasteiger partial charge in [-0.3, -0.25) is 19.3 Å². The lowest BCUT2D eigenvalue weighted by Gasteiger charge is -2.43. The molecule has 46 heavy (non-hydrogen) atoms. The molecule has 0 bridgehead atoms. The van der Waals surface area contributed by atoms with E-state index < -0.39 is 24.4 Å². The molecule has 1 aliphatic carbocycles. The van der Waals surface area contributed by atoms with Crippen LogP contribution in [0.4, 0.5) is 8.78 Å². The van der Waals surface area contributed by atoms with Crippen molar-refractivity contribution in [3.05, 3.63) is 70.1 Å². The Hall–Kier alpha value is -3.83. The highest BCUT2D eigenvalue weighted by atomic mass is 19.3. The fourth-order valence-corrected chi connectivity index (χ4v) is 7.13. The third-order valence-electron chi connectivity index (χ3n) is 10.1. The molecule has 0 radical (unpaired) electrons. The number of aromatic nitrogens is 1. The van der Waals surface area contributed by atoms with Crippen molar-refractivity contribution in [3.63, 3.8) is 0 Å². The average molecular weight is 635 g/mol. The van der Waals surface area contributed by atoms with Crippen LogP contribution in [0.2, 0.25) is 0 Å². The van der Waals surface area contributed by atoms with Crippen LogP contribution in [0.5, 0.6) is 11.5 Å². The van der Waals surface area contributed by atoms with E-state index in [1.165, 1.54) is 0 Å². The summed E-state index contributed by atoms with van der Waals surface area (Å²) in [7, 11) is 0. The Labute approximate surface area is 266 Å². The lowest BCUT2D eigenvalue weighted by molar-refractivity contribution is -0.128. The number of halogens is 2. The van der Waals surface area contributed by atoms with Crippen molar-refractivity contribution in [2.45, 2.75) is 82.0 Å². The van der Waals surface area contributed by atoms with Gasteiger partial charge in [0.05, 0.1) is 12.6 Å². The summed E-state index contributed by atoms with van der Waals surface area (Å²) in [6.45, 7) is 2.19. The van der Waals surface area contributed by atoms with Crippen LogP contribution in [-0.2, 0) is 16.1 Å². The van der Waals surface area contributed by atoms with E-state index in [9.17, 15) is 14.4 Å². The van der Waals surface area contributed by atoms with E-state index in [2.05, 4.69) is 5.32 Å². The molecular formula is C35H40F2N4O5. The van der Waals surface area contributed by atoms with E-state index in [0.29, 0.717) is 61.7 Å². The number of amides is 2. The number of rotatable bonds is 8. The smallest absolute Gasteiger partial charge is 0.280 e. The van der Waals surface area contributed by atoms with Gasteiger partial charge in [-0.1, -0.05) is 6.07 Å². The molecule has 0 unspecified atom stereocenters. The van der Waals surface area contributed by atoms with E-state index in [4.69, 9.17) is 9.47 Å². The number of alkyl halides is 2. The minimum Gasteiger partial charge on any atom is -0.457 e. The summed E-state index contributed by atoms with van der Waals surface area (Å²) < 4.78 is 44.2. The van der Waals surface area contributed by atoms with Gasteiger partial charge < -0.3 is 24.3 Å². The molecule has 1 aromatic heterocycles. The number of nitrogens with zero attached hydrogens (tertiary/aromatic N) is 3. The van der Waals surface area contributed by atoms with Crippen molar-refractivity contribution < 1.29 is 27.8 Å². The summed E-state index contributed by atoms with van der Waals surface area (Å²) in [4.78, 5) is 42.5. The van der Waals surface area contributed by atoms with Crippen LogP contribution in [0, 0.1) is 0 Å². The molecule has 1 saturated carbocycles. The Balaban J connectivity index is 1.11. The van der Waals surface area contributed by atoms with Crippen LogP contribution in [0.15, 0.2) is 53.5 Å². The Kier molecular flexibility index (Phi) is 8.54. The number of pyridine rings is 1. The average Bonchev–Trinajstić information content (AvgIpc) is 3.43. The molecule has 3 aromatic rings. The highest BCUT2D eigenvalue weighted by molar-refractivity contribution is 5.95. The van der Waals surface area contributed by atoms with E-state index >= 15 is 8.78 Å². The maximum Gasteiger partial charge on any atom is 0.280 e. The first kappa shape index (κ1) is 30.8. The van der Waals surface area contributed by atoms with Crippen LogP contribution in [0.3, 0.4) is 0 Å². The maximum absolute atomic E-state index is 15.3. The summed E-state index contributed by atoms with van der Waals surface area (Å²) in [5.74, 6) is -2.81. The minimum absolute atomic E-state index is 0.0314. The Bertz CT molecular complexity index is 1680. The zero-order valence-electron chi connectivity index (χ0n) is 25.9. The number of fused-ring (bicyclic) bond motifs is 1. The molecule has 9 nitrogen and oxygen atoms in total. The van der Waals surface area contributed by atoms with Crippen molar-refractivity contribution in [1.82, 2.24) is 19.7 Å². The van der Waals surface area contributed by atoms with E-state index in [0.717, 1.165) is 43.9 Å². The van der Waals surface area contributed by atoms with E-state index in [-0.39, 0.29) is 35.5 Å². The second-order valence-corrected chi connectivity index (χ2v) is 13.1. The largest absolute Gasteiger partial charge is 0.457 e. The van der Waals surface area contributed by atoms with Gasteiger partial charge in [0.2, 0.25) is 5.91 Å². The zero-order valence-corrected chi connectivity index (χ0v) is 25.9. The second-order valence-electron chi connectivity index (χ2n) is 13.1. The van der Waals surface area contributed by atoms with Gasteiger partial charge in [0.15, 0.2) is 0 Å². The first-order valence-electron chi connectivity index (χ1n) is 16.5. The number of benzene rings is 2. The Morgan fingerprint density at radius 3 is 2.50 bits per heavy atom. The molecular weight excluding hydrogens is 594 g/mol. The van der Waals surface area contributed by atoms with Gasteiger partial charge >= 0.3 is 0 Å². The molecule has 11 heteroatoms. The van der Waals surface area contributed by atoms with Crippen LogP contribution < -0.4 is 15.6 Å². The second kappa shape index (κ2) is 12.8. The van der Waals surface area contributed by atoms with Crippen LogP contribution in [-0.4, -0.2) is 77.0 Å². The molecule has 3 aliphatic heterocycles. The van der Waals surface area contributed by atoms with Crippen molar-refractivity contribution in [2.75, 3.05) is 32.8 Å². The van der Waals surface area contributed by atoms with Gasteiger partial charge in [-0.05, 0) is 86.7 Å². The van der Waals surface area contributed by atoms with Gasteiger partial charge in [0.25, 0.3) is 17.4 Å². The van der Waals surface area contributed by atoms with Gasteiger partial charge in [-0.2, -0.15) is 0 Å². The first-order valence-corrected chi connectivity index (χ1v) is 16.5.